The smallest absolute Gasteiger partial charge is 0.175 e. The van der Waals surface area contributed by atoms with E-state index in [1.54, 1.807) is 6.07 Å². The molecule has 0 aromatic heterocycles. The third-order valence-corrected chi connectivity index (χ3v) is 3.30. The minimum atomic E-state index is 0.264. The van der Waals surface area contributed by atoms with Crippen molar-refractivity contribution in [1.82, 2.24) is 0 Å². The van der Waals surface area contributed by atoms with E-state index in [4.69, 9.17) is 14.7 Å². The minimum Gasteiger partial charge on any atom is -0.486 e. The first kappa shape index (κ1) is 11.3. The van der Waals surface area contributed by atoms with Gasteiger partial charge in [0.2, 0.25) is 0 Å². The van der Waals surface area contributed by atoms with Gasteiger partial charge in [-0.15, -0.1) is 0 Å². The molecule has 0 amide bonds. The second-order valence-corrected chi connectivity index (χ2v) is 4.74. The van der Waals surface area contributed by atoms with Crippen molar-refractivity contribution in [3.63, 3.8) is 0 Å². The maximum atomic E-state index is 9.13. The minimum absolute atomic E-state index is 0.264. The largest absolute Gasteiger partial charge is 0.486 e. The van der Waals surface area contributed by atoms with E-state index < -0.39 is 0 Å². The van der Waals surface area contributed by atoms with Crippen LogP contribution < -0.4 is 9.47 Å². The molecule has 1 aliphatic heterocycles. The Balaban J connectivity index is 2.66. The van der Waals surface area contributed by atoms with Crippen molar-refractivity contribution in [3.05, 3.63) is 21.7 Å². The molecule has 84 valence electrons. The predicted octanol–water partition coefficient (Wildman–Crippen LogP) is 3.22. The lowest BCUT2D eigenvalue weighted by atomic mass is 9.97. The van der Waals surface area contributed by atoms with Gasteiger partial charge >= 0.3 is 0 Å². The highest BCUT2D eigenvalue weighted by Crippen LogP contribution is 2.43. The van der Waals surface area contributed by atoms with E-state index in [1.807, 2.05) is 0 Å². The number of hydrogen-bond donors (Lipinski definition) is 0. The molecule has 1 heterocycles. The van der Waals surface area contributed by atoms with E-state index in [1.165, 1.54) is 0 Å². The summed E-state index contributed by atoms with van der Waals surface area (Å²) in [6.45, 7) is 5.19. The molecule has 0 bridgehead atoms. The Morgan fingerprint density at radius 1 is 1.38 bits per heavy atom. The van der Waals surface area contributed by atoms with Crippen LogP contribution in [0.5, 0.6) is 11.5 Å². The molecule has 0 spiro atoms. The van der Waals surface area contributed by atoms with Gasteiger partial charge in [0.05, 0.1) is 16.1 Å². The molecule has 0 unspecified atom stereocenters. The Labute approximate surface area is 103 Å². The van der Waals surface area contributed by atoms with Gasteiger partial charge in [0.25, 0.3) is 0 Å². The van der Waals surface area contributed by atoms with Crippen molar-refractivity contribution in [2.45, 2.75) is 19.8 Å². The molecular weight excluding hydrogens is 270 g/mol. The number of hydrogen-bond acceptors (Lipinski definition) is 3. The summed E-state index contributed by atoms with van der Waals surface area (Å²) in [5.41, 5.74) is 1.62. The quantitative estimate of drug-likeness (QED) is 0.794. The molecular formula is C12H12BrNO2. The zero-order valence-corrected chi connectivity index (χ0v) is 10.8. The summed E-state index contributed by atoms with van der Waals surface area (Å²) in [5.74, 6) is 1.63. The Bertz CT molecular complexity index is 463. The molecule has 4 heteroatoms. The molecule has 1 aromatic rings. The number of fused-ring (bicyclic) bond motifs is 1. The second kappa shape index (κ2) is 4.34. The molecule has 1 aliphatic rings. The Kier molecular flexibility index (Phi) is 3.06. The van der Waals surface area contributed by atoms with Crippen LogP contribution in [0.15, 0.2) is 10.5 Å². The molecule has 3 nitrogen and oxygen atoms in total. The summed E-state index contributed by atoms with van der Waals surface area (Å²) in [4.78, 5) is 0. The van der Waals surface area contributed by atoms with Gasteiger partial charge in [0.1, 0.15) is 13.2 Å². The number of nitrogens with zero attached hydrogens (tertiary/aromatic N) is 1. The zero-order chi connectivity index (χ0) is 11.7. The summed E-state index contributed by atoms with van der Waals surface area (Å²) in [7, 11) is 0. The fourth-order valence-corrected chi connectivity index (χ4v) is 2.80. The first-order valence-corrected chi connectivity index (χ1v) is 5.96. The predicted molar refractivity (Wildman–Crippen MR) is 63.9 cm³/mol. The average Bonchev–Trinajstić information content (AvgIpc) is 2.28. The summed E-state index contributed by atoms with van der Waals surface area (Å²) in [6, 6.07) is 3.96. The third kappa shape index (κ3) is 1.76. The van der Waals surface area contributed by atoms with Crippen molar-refractivity contribution in [2.75, 3.05) is 13.2 Å². The van der Waals surface area contributed by atoms with Crippen LogP contribution in [0.4, 0.5) is 0 Å². The molecule has 0 aliphatic carbocycles. The van der Waals surface area contributed by atoms with Crippen molar-refractivity contribution >= 4 is 15.9 Å². The normalized spacial score (nSPS) is 13.7. The monoisotopic (exact) mass is 281 g/mol. The summed E-state index contributed by atoms with van der Waals surface area (Å²) in [6.07, 6.45) is 0. The van der Waals surface area contributed by atoms with Crippen LogP contribution in [-0.2, 0) is 0 Å². The lowest BCUT2D eigenvalue weighted by molar-refractivity contribution is 0.170. The molecule has 0 atom stereocenters. The third-order valence-electron chi connectivity index (χ3n) is 2.51. The maximum Gasteiger partial charge on any atom is 0.175 e. The van der Waals surface area contributed by atoms with Crippen LogP contribution in [0, 0.1) is 11.3 Å². The standard InChI is InChI=1S/C12H12BrNO2/c1-7(2)10-8(6-14)5-9-12(11(10)13)16-4-3-15-9/h5,7H,3-4H2,1-2H3. The number of benzene rings is 1. The number of rotatable bonds is 1. The maximum absolute atomic E-state index is 9.13. The first-order valence-electron chi connectivity index (χ1n) is 5.17. The van der Waals surface area contributed by atoms with E-state index in [0.29, 0.717) is 30.3 Å². The average molecular weight is 282 g/mol. The van der Waals surface area contributed by atoms with Crippen LogP contribution in [0.2, 0.25) is 0 Å². The number of ether oxygens (including phenoxy) is 2. The van der Waals surface area contributed by atoms with Gasteiger partial charge in [0.15, 0.2) is 11.5 Å². The molecule has 0 radical (unpaired) electrons. The molecule has 0 fully saturated rings. The Morgan fingerprint density at radius 2 is 2.06 bits per heavy atom. The van der Waals surface area contributed by atoms with Crippen LogP contribution in [-0.4, -0.2) is 13.2 Å². The lowest BCUT2D eigenvalue weighted by Gasteiger charge is -2.22. The van der Waals surface area contributed by atoms with E-state index in [9.17, 15) is 0 Å². The topological polar surface area (TPSA) is 42.2 Å². The van der Waals surface area contributed by atoms with Crippen molar-refractivity contribution in [3.8, 4) is 17.6 Å². The zero-order valence-electron chi connectivity index (χ0n) is 9.21. The first-order chi connectivity index (χ1) is 7.65. The summed E-state index contributed by atoms with van der Waals surface area (Å²) >= 11 is 3.50. The molecule has 0 saturated carbocycles. The van der Waals surface area contributed by atoms with Crippen LogP contribution in [0.25, 0.3) is 0 Å². The highest BCUT2D eigenvalue weighted by Gasteiger charge is 2.22. The van der Waals surface area contributed by atoms with Gasteiger partial charge in [-0.2, -0.15) is 5.26 Å². The highest BCUT2D eigenvalue weighted by molar-refractivity contribution is 9.10. The van der Waals surface area contributed by atoms with Crippen LogP contribution in [0.1, 0.15) is 30.9 Å². The van der Waals surface area contributed by atoms with Crippen molar-refractivity contribution in [2.24, 2.45) is 0 Å². The molecule has 0 saturated heterocycles. The lowest BCUT2D eigenvalue weighted by Crippen LogP contribution is -2.16. The van der Waals surface area contributed by atoms with Gasteiger partial charge in [-0.3, -0.25) is 0 Å². The van der Waals surface area contributed by atoms with Crippen LogP contribution in [0.3, 0.4) is 0 Å². The van der Waals surface area contributed by atoms with Crippen molar-refractivity contribution < 1.29 is 9.47 Å². The van der Waals surface area contributed by atoms with Crippen molar-refractivity contribution in [1.29, 1.82) is 5.26 Å². The van der Waals surface area contributed by atoms with Gasteiger partial charge in [-0.1, -0.05) is 13.8 Å². The molecule has 2 rings (SSSR count). The van der Waals surface area contributed by atoms with Gasteiger partial charge < -0.3 is 9.47 Å². The summed E-state index contributed by atoms with van der Waals surface area (Å²) in [5, 5.41) is 9.13. The highest BCUT2D eigenvalue weighted by atomic mass is 79.9. The number of halogens is 1. The van der Waals surface area contributed by atoms with Gasteiger partial charge in [-0.25, -0.2) is 0 Å². The van der Waals surface area contributed by atoms with E-state index in [-0.39, 0.29) is 5.92 Å². The van der Waals surface area contributed by atoms with E-state index in [2.05, 4.69) is 35.8 Å². The fourth-order valence-electron chi connectivity index (χ4n) is 1.82. The van der Waals surface area contributed by atoms with Gasteiger partial charge in [-0.05, 0) is 27.4 Å². The number of nitriles is 1. The fraction of sp³-hybridized carbons (Fsp3) is 0.417. The molecule has 0 N–H and O–H groups in total. The molecule has 1 aromatic carbocycles. The van der Waals surface area contributed by atoms with E-state index >= 15 is 0 Å². The Hall–Kier alpha value is -1.21. The van der Waals surface area contributed by atoms with Crippen LogP contribution >= 0.6 is 15.9 Å². The van der Waals surface area contributed by atoms with E-state index in [0.717, 1.165) is 10.0 Å². The Morgan fingerprint density at radius 3 is 2.69 bits per heavy atom. The SMILES string of the molecule is CC(C)c1c(C#N)cc2c(c1Br)OCCO2. The van der Waals surface area contributed by atoms with Gasteiger partial charge in [0, 0.05) is 6.07 Å². The molecule has 16 heavy (non-hydrogen) atoms. The second-order valence-electron chi connectivity index (χ2n) is 3.94. The summed E-state index contributed by atoms with van der Waals surface area (Å²) < 4.78 is 11.9.